The summed E-state index contributed by atoms with van der Waals surface area (Å²) in [5.41, 5.74) is 20.9. The lowest BCUT2D eigenvalue weighted by atomic mass is 9.70. The number of carbonyl (C=O) groups is 1. The Morgan fingerprint density at radius 3 is 1.61 bits per heavy atom. The van der Waals surface area contributed by atoms with Crippen LogP contribution in [0.25, 0.3) is 44.5 Å². The normalized spacial score (nSPS) is 15.7. The quantitative estimate of drug-likeness (QED) is 0.0332. The van der Waals surface area contributed by atoms with E-state index in [1.165, 1.54) is 55.6 Å². The molecule has 0 saturated heterocycles. The van der Waals surface area contributed by atoms with E-state index < -0.39 is 17.2 Å². The summed E-state index contributed by atoms with van der Waals surface area (Å²) < 4.78 is 29.1. The summed E-state index contributed by atoms with van der Waals surface area (Å²) in [6.45, 7) is 14.0. The molecule has 7 rings (SSSR count). The van der Waals surface area contributed by atoms with Gasteiger partial charge in [0.2, 0.25) is 0 Å². The van der Waals surface area contributed by atoms with Crippen LogP contribution in [0.15, 0.2) is 97.1 Å². The first kappa shape index (κ1) is 52.2. The van der Waals surface area contributed by atoms with Gasteiger partial charge in [-0.2, -0.15) is 0 Å². The molecule has 1 atom stereocenters. The third-order valence-corrected chi connectivity index (χ3v) is 15.1. The van der Waals surface area contributed by atoms with Crippen LogP contribution in [-0.4, -0.2) is 95.3 Å². The fourth-order valence-corrected chi connectivity index (χ4v) is 10.4. The molecule has 1 unspecified atom stereocenters. The van der Waals surface area contributed by atoms with Gasteiger partial charge in [-0.25, -0.2) is 0 Å². The van der Waals surface area contributed by atoms with E-state index in [0.717, 1.165) is 73.5 Å². The molecular formula is C59H75BNO8. The molecule has 69 heavy (non-hydrogen) atoms. The van der Waals surface area contributed by atoms with Gasteiger partial charge in [-0.3, -0.25) is 4.79 Å². The van der Waals surface area contributed by atoms with Crippen LogP contribution >= 0.6 is 0 Å². The number of fused-ring (bicyclic) bond motifs is 6. The number of ether oxygens (including phenoxy) is 4. The van der Waals surface area contributed by atoms with E-state index in [1.807, 2.05) is 13.8 Å². The fraction of sp³-hybridized carbons (Fsp3) is 0.475. The topological polar surface area (TPSA) is 130 Å². The highest BCUT2D eigenvalue weighted by Gasteiger charge is 2.44. The number of nitrogens with two attached hydrogens (primary N) is 1. The molecule has 0 amide bonds. The summed E-state index contributed by atoms with van der Waals surface area (Å²) in [5, 5.41) is 20.0. The van der Waals surface area contributed by atoms with Gasteiger partial charge in [-0.1, -0.05) is 97.7 Å². The summed E-state index contributed by atoms with van der Waals surface area (Å²) in [6, 6.07) is 36.4. The van der Waals surface area contributed by atoms with Crippen molar-refractivity contribution in [3.8, 4) is 44.5 Å². The number of carboxylic acids is 1. The van der Waals surface area contributed by atoms with E-state index in [0.29, 0.717) is 52.6 Å². The van der Waals surface area contributed by atoms with Crippen molar-refractivity contribution in [2.75, 3.05) is 60.4 Å². The van der Waals surface area contributed by atoms with Crippen molar-refractivity contribution >= 4 is 18.9 Å². The van der Waals surface area contributed by atoms with Crippen molar-refractivity contribution < 1.29 is 38.6 Å². The van der Waals surface area contributed by atoms with E-state index in [-0.39, 0.29) is 17.3 Å². The summed E-state index contributed by atoms with van der Waals surface area (Å²) in [4.78, 5) is 11.2. The SMILES string of the molecule is COCCOCCCC1(CCCOCCOC)c2cc(-c3ccc(CCCC(=O)O)cc3)ccc2-c2ccc(-c3ccc4c(c3)C(C)(CCCCN)c3cc([B]OC(C)(C)C(C)(C)O)ccc3-4)cc21. The number of rotatable bonds is 28. The third-order valence-electron chi connectivity index (χ3n) is 15.1. The number of aliphatic hydroxyl groups is 1. The molecule has 2 aliphatic rings. The Bertz CT molecular complexity index is 2500. The van der Waals surface area contributed by atoms with Crippen LogP contribution < -0.4 is 11.2 Å². The predicted octanol–water partition coefficient (Wildman–Crippen LogP) is 10.8. The Hall–Kier alpha value is -4.65. The van der Waals surface area contributed by atoms with E-state index >= 15 is 0 Å². The van der Waals surface area contributed by atoms with E-state index in [4.69, 9.17) is 29.3 Å². The lowest BCUT2D eigenvalue weighted by Gasteiger charge is -2.37. The van der Waals surface area contributed by atoms with Gasteiger partial charge in [-0.15, -0.1) is 0 Å². The molecule has 0 bridgehead atoms. The zero-order valence-corrected chi connectivity index (χ0v) is 42.3. The minimum Gasteiger partial charge on any atom is -0.481 e. The predicted molar refractivity (Wildman–Crippen MR) is 280 cm³/mol. The van der Waals surface area contributed by atoms with Crippen molar-refractivity contribution in [3.05, 3.63) is 125 Å². The number of hydrogen-bond acceptors (Lipinski definition) is 8. The molecular weight excluding hydrogens is 861 g/mol. The standard InChI is InChI=1S/C59H75BNO8/c1-56(2,64)57(3,4)69-60-46-22-26-48-47-23-20-44(37-51(47)58(5,52(48)40-46)27-8-9-30-61)45-21-25-50-49-24-19-43(42-17-15-41(16-18-42)13-10-14-55(62)63)38-53(49)59(54(50)39-45,28-11-31-67-35-33-65-6)29-12-32-68-36-34-66-7/h15-26,37-40,64H,8-14,27-36,61H2,1-7H3,(H,62,63). The molecule has 0 fully saturated rings. The van der Waals surface area contributed by atoms with Crippen LogP contribution in [0.2, 0.25) is 0 Å². The van der Waals surface area contributed by atoms with Crippen LogP contribution in [0.4, 0.5) is 0 Å². The minimum atomic E-state index is -1.02. The molecule has 9 nitrogen and oxygen atoms in total. The van der Waals surface area contributed by atoms with Gasteiger partial charge < -0.3 is 39.5 Å². The second-order valence-electron chi connectivity index (χ2n) is 20.4. The van der Waals surface area contributed by atoms with Gasteiger partial charge in [0.15, 0.2) is 0 Å². The lowest BCUT2D eigenvalue weighted by Crippen LogP contribution is -2.49. The van der Waals surface area contributed by atoms with Gasteiger partial charge >= 0.3 is 13.5 Å². The molecule has 5 aromatic carbocycles. The molecule has 0 spiro atoms. The van der Waals surface area contributed by atoms with E-state index in [2.05, 4.69) is 104 Å². The largest absolute Gasteiger partial charge is 0.481 e. The monoisotopic (exact) mass is 937 g/mol. The highest BCUT2D eigenvalue weighted by molar-refractivity contribution is 6.47. The van der Waals surface area contributed by atoms with Crippen molar-refractivity contribution in [2.45, 2.75) is 121 Å². The minimum absolute atomic E-state index is 0.169. The van der Waals surface area contributed by atoms with Gasteiger partial charge in [0.1, 0.15) is 0 Å². The first-order valence-electron chi connectivity index (χ1n) is 25.1. The maximum atomic E-state index is 11.2. The highest BCUT2D eigenvalue weighted by atomic mass is 16.5. The second kappa shape index (κ2) is 23.1. The molecule has 0 heterocycles. The Morgan fingerprint density at radius 2 is 1.09 bits per heavy atom. The van der Waals surface area contributed by atoms with Crippen LogP contribution in [0.1, 0.15) is 120 Å². The smallest absolute Gasteiger partial charge is 0.330 e. The summed E-state index contributed by atoms with van der Waals surface area (Å²) in [5.74, 6) is -0.760. The number of aliphatic carboxylic acids is 1. The Labute approximate surface area is 412 Å². The maximum absolute atomic E-state index is 11.2. The Morgan fingerprint density at radius 1 is 0.594 bits per heavy atom. The summed E-state index contributed by atoms with van der Waals surface area (Å²) in [6.07, 6.45) is 8.02. The average Bonchev–Trinajstić information content (AvgIpc) is 3.74. The zero-order valence-electron chi connectivity index (χ0n) is 42.3. The van der Waals surface area contributed by atoms with Crippen LogP contribution in [0.3, 0.4) is 0 Å². The third kappa shape index (κ3) is 11.8. The van der Waals surface area contributed by atoms with E-state index in [1.54, 1.807) is 35.5 Å². The van der Waals surface area contributed by atoms with Crippen molar-refractivity contribution in [1.29, 1.82) is 0 Å². The first-order chi connectivity index (χ1) is 33.2. The maximum Gasteiger partial charge on any atom is 0.330 e. The molecule has 0 aromatic heterocycles. The summed E-state index contributed by atoms with van der Waals surface area (Å²) in [7, 11) is 5.21. The Kier molecular flexibility index (Phi) is 17.4. The average molecular weight is 937 g/mol. The van der Waals surface area contributed by atoms with Gasteiger partial charge in [-0.05, 0) is 176 Å². The van der Waals surface area contributed by atoms with Crippen LogP contribution in [-0.2, 0) is 45.6 Å². The number of benzene rings is 5. The zero-order chi connectivity index (χ0) is 49.2. The molecule has 5 aromatic rings. The number of aryl methyl sites for hydroxylation is 1. The molecule has 4 N–H and O–H groups in total. The van der Waals surface area contributed by atoms with Crippen LogP contribution in [0.5, 0.6) is 0 Å². The fourth-order valence-electron chi connectivity index (χ4n) is 10.4. The van der Waals surface area contributed by atoms with Crippen molar-refractivity contribution in [3.63, 3.8) is 0 Å². The number of unbranched alkanes of at least 4 members (excludes halogenated alkanes) is 1. The molecule has 367 valence electrons. The molecule has 1 radical (unpaired) electrons. The molecule has 2 aliphatic carbocycles. The van der Waals surface area contributed by atoms with Crippen molar-refractivity contribution in [1.82, 2.24) is 0 Å². The first-order valence-corrected chi connectivity index (χ1v) is 25.1. The van der Waals surface area contributed by atoms with Crippen molar-refractivity contribution in [2.24, 2.45) is 5.73 Å². The molecule has 0 saturated carbocycles. The number of carboxylic acid groups (broad SMARTS) is 1. The van der Waals surface area contributed by atoms with Crippen LogP contribution in [0, 0.1) is 0 Å². The van der Waals surface area contributed by atoms with Gasteiger partial charge in [0, 0.05) is 44.7 Å². The second-order valence-corrected chi connectivity index (χ2v) is 20.4. The lowest BCUT2D eigenvalue weighted by molar-refractivity contribution is -0.137. The van der Waals surface area contributed by atoms with Gasteiger partial charge in [0.05, 0.1) is 37.6 Å². The summed E-state index contributed by atoms with van der Waals surface area (Å²) >= 11 is 0. The Balaban J connectivity index is 1.28. The number of hydrogen-bond donors (Lipinski definition) is 3. The van der Waals surface area contributed by atoms with E-state index in [9.17, 15) is 15.0 Å². The molecule has 0 aliphatic heterocycles. The van der Waals surface area contributed by atoms with Gasteiger partial charge in [0.25, 0.3) is 0 Å². The number of methoxy groups -OCH3 is 2. The molecule has 10 heteroatoms. The highest BCUT2D eigenvalue weighted by Crippen LogP contribution is 2.56.